The largest absolute Gasteiger partial charge is 0.494 e. The lowest BCUT2D eigenvalue weighted by Crippen LogP contribution is -2.48. The van der Waals surface area contributed by atoms with E-state index in [2.05, 4.69) is 26.6 Å². The summed E-state index contributed by atoms with van der Waals surface area (Å²) in [5.41, 5.74) is 0.0662. The SMILES string of the molecule is Cc1nccn1CCCOc1ccc(CN2CCOCC(O)(COc3ccc(Cl)cc3)C2)cc1. The normalized spacial score (nSPS) is 19.0. The third-order valence-corrected chi connectivity index (χ3v) is 6.08. The van der Waals surface area contributed by atoms with Crippen molar-refractivity contribution in [2.45, 2.75) is 32.0 Å². The third kappa shape index (κ3) is 7.21. The number of hydrogen-bond donors (Lipinski definition) is 1. The Kier molecular flexibility index (Phi) is 8.45. The molecule has 2 heterocycles. The first-order valence-corrected chi connectivity index (χ1v) is 12.0. The van der Waals surface area contributed by atoms with Crippen LogP contribution in [0.3, 0.4) is 0 Å². The molecule has 0 radical (unpaired) electrons. The lowest BCUT2D eigenvalue weighted by atomic mass is 10.1. The number of benzene rings is 2. The van der Waals surface area contributed by atoms with Gasteiger partial charge < -0.3 is 23.9 Å². The summed E-state index contributed by atoms with van der Waals surface area (Å²) in [5.74, 6) is 2.55. The maximum Gasteiger partial charge on any atom is 0.134 e. The van der Waals surface area contributed by atoms with Crippen LogP contribution in [0.1, 0.15) is 17.8 Å². The van der Waals surface area contributed by atoms with Gasteiger partial charge in [-0.2, -0.15) is 0 Å². The molecule has 34 heavy (non-hydrogen) atoms. The minimum atomic E-state index is -1.09. The number of nitrogens with zero attached hydrogens (tertiary/aromatic N) is 3. The average molecular weight is 486 g/mol. The average Bonchev–Trinajstić information content (AvgIpc) is 3.15. The van der Waals surface area contributed by atoms with Crippen LogP contribution >= 0.6 is 11.6 Å². The smallest absolute Gasteiger partial charge is 0.134 e. The molecule has 1 aromatic heterocycles. The van der Waals surface area contributed by atoms with Crippen molar-refractivity contribution >= 4 is 11.6 Å². The van der Waals surface area contributed by atoms with Gasteiger partial charge in [-0.1, -0.05) is 23.7 Å². The Balaban J connectivity index is 1.24. The number of ether oxygens (including phenoxy) is 3. The summed E-state index contributed by atoms with van der Waals surface area (Å²) in [4.78, 5) is 6.43. The highest BCUT2D eigenvalue weighted by Crippen LogP contribution is 2.21. The van der Waals surface area contributed by atoms with E-state index < -0.39 is 5.60 Å². The van der Waals surface area contributed by atoms with E-state index in [0.717, 1.165) is 36.6 Å². The highest BCUT2D eigenvalue weighted by molar-refractivity contribution is 6.30. The molecule has 7 nitrogen and oxygen atoms in total. The van der Waals surface area contributed by atoms with Crippen LogP contribution in [-0.2, 0) is 17.8 Å². The fourth-order valence-electron chi connectivity index (χ4n) is 3.98. The number of hydrogen-bond acceptors (Lipinski definition) is 6. The topological polar surface area (TPSA) is 69.0 Å². The van der Waals surface area contributed by atoms with Crippen LogP contribution in [0.25, 0.3) is 0 Å². The van der Waals surface area contributed by atoms with Crippen LogP contribution in [0.15, 0.2) is 60.9 Å². The first-order chi connectivity index (χ1) is 16.5. The molecule has 0 spiro atoms. The molecule has 1 fully saturated rings. The Morgan fingerprint density at radius 3 is 2.56 bits per heavy atom. The zero-order valence-corrected chi connectivity index (χ0v) is 20.3. The lowest BCUT2D eigenvalue weighted by molar-refractivity contribution is -0.0646. The Morgan fingerprint density at radius 2 is 1.82 bits per heavy atom. The second kappa shape index (κ2) is 11.7. The number of aliphatic hydroxyl groups is 1. The monoisotopic (exact) mass is 485 g/mol. The molecule has 1 unspecified atom stereocenters. The van der Waals surface area contributed by atoms with Crippen LogP contribution in [0.2, 0.25) is 5.02 Å². The highest BCUT2D eigenvalue weighted by atomic mass is 35.5. The standard InChI is InChI=1S/C26H32ClN3O4/c1-21-28-11-13-30(21)12-2-15-33-24-7-3-22(4-8-24)17-29-14-16-32-19-26(31,18-29)20-34-25-9-5-23(27)6-10-25/h3-11,13,31H,2,12,14-20H2,1H3. The minimum Gasteiger partial charge on any atom is -0.494 e. The fraction of sp³-hybridized carbons (Fsp3) is 0.423. The molecule has 3 aromatic rings. The number of rotatable bonds is 10. The van der Waals surface area contributed by atoms with Crippen LogP contribution < -0.4 is 9.47 Å². The quantitative estimate of drug-likeness (QED) is 0.438. The predicted molar refractivity (Wildman–Crippen MR) is 132 cm³/mol. The Labute approximate surface area is 205 Å². The Hall–Kier alpha value is -2.58. The molecule has 0 amide bonds. The summed E-state index contributed by atoms with van der Waals surface area (Å²) in [7, 11) is 0. The maximum absolute atomic E-state index is 11.1. The van der Waals surface area contributed by atoms with Crippen molar-refractivity contribution in [3.05, 3.63) is 77.3 Å². The van der Waals surface area contributed by atoms with E-state index in [1.165, 1.54) is 0 Å². The Morgan fingerprint density at radius 1 is 1.09 bits per heavy atom. The van der Waals surface area contributed by atoms with Gasteiger partial charge in [0.05, 0.1) is 19.8 Å². The lowest BCUT2D eigenvalue weighted by Gasteiger charge is -2.30. The van der Waals surface area contributed by atoms with Gasteiger partial charge in [0.2, 0.25) is 0 Å². The molecule has 1 atom stereocenters. The van der Waals surface area contributed by atoms with E-state index in [9.17, 15) is 5.11 Å². The van der Waals surface area contributed by atoms with Crippen molar-refractivity contribution < 1.29 is 19.3 Å². The van der Waals surface area contributed by atoms with Crippen molar-refractivity contribution in [1.82, 2.24) is 14.5 Å². The van der Waals surface area contributed by atoms with E-state index >= 15 is 0 Å². The summed E-state index contributed by atoms with van der Waals surface area (Å²) < 4.78 is 19.5. The zero-order chi connectivity index (χ0) is 23.8. The van der Waals surface area contributed by atoms with Crippen LogP contribution in [0.4, 0.5) is 0 Å². The van der Waals surface area contributed by atoms with Gasteiger partial charge >= 0.3 is 0 Å². The molecule has 8 heteroatoms. The molecule has 1 N–H and O–H groups in total. The van der Waals surface area contributed by atoms with Gasteiger partial charge in [0.25, 0.3) is 0 Å². The second-order valence-corrected chi connectivity index (χ2v) is 9.18. The number of aromatic nitrogens is 2. The summed E-state index contributed by atoms with van der Waals surface area (Å²) in [6.45, 7) is 6.44. The zero-order valence-electron chi connectivity index (χ0n) is 19.5. The summed E-state index contributed by atoms with van der Waals surface area (Å²) in [6.07, 6.45) is 4.73. The molecule has 4 rings (SSSR count). The predicted octanol–water partition coefficient (Wildman–Crippen LogP) is 3.96. The van der Waals surface area contributed by atoms with E-state index in [0.29, 0.717) is 37.1 Å². The maximum atomic E-state index is 11.1. The number of aryl methyl sites for hydroxylation is 2. The van der Waals surface area contributed by atoms with Crippen molar-refractivity contribution in [3.8, 4) is 11.5 Å². The van der Waals surface area contributed by atoms with Crippen molar-refractivity contribution in [2.24, 2.45) is 0 Å². The van der Waals surface area contributed by atoms with E-state index in [1.54, 1.807) is 24.3 Å². The van der Waals surface area contributed by atoms with Crippen LogP contribution in [-0.4, -0.2) is 64.7 Å². The van der Waals surface area contributed by atoms with E-state index in [1.807, 2.05) is 31.5 Å². The summed E-state index contributed by atoms with van der Waals surface area (Å²) in [6, 6.07) is 15.3. The van der Waals surface area contributed by atoms with Gasteiger partial charge in [0.15, 0.2) is 0 Å². The molecule has 2 aromatic carbocycles. The molecule has 0 aliphatic carbocycles. The molecular formula is C26H32ClN3O4. The van der Waals surface area contributed by atoms with Crippen LogP contribution in [0, 0.1) is 6.92 Å². The van der Waals surface area contributed by atoms with Gasteiger partial charge in [-0.15, -0.1) is 0 Å². The van der Waals surface area contributed by atoms with E-state index in [4.69, 9.17) is 25.8 Å². The first-order valence-electron chi connectivity index (χ1n) is 11.6. The Bertz CT molecular complexity index is 1030. The van der Waals surface area contributed by atoms with Gasteiger partial charge in [-0.05, 0) is 55.3 Å². The summed E-state index contributed by atoms with van der Waals surface area (Å²) >= 11 is 5.93. The van der Waals surface area contributed by atoms with Gasteiger partial charge in [0, 0.05) is 43.6 Å². The van der Waals surface area contributed by atoms with Crippen LogP contribution in [0.5, 0.6) is 11.5 Å². The van der Waals surface area contributed by atoms with E-state index in [-0.39, 0.29) is 13.2 Å². The van der Waals surface area contributed by atoms with Crippen molar-refractivity contribution in [2.75, 3.05) is 39.5 Å². The molecule has 1 aliphatic rings. The molecule has 1 aliphatic heterocycles. The fourth-order valence-corrected chi connectivity index (χ4v) is 4.11. The molecule has 0 bridgehead atoms. The van der Waals surface area contributed by atoms with Gasteiger partial charge in [-0.3, -0.25) is 4.90 Å². The summed E-state index contributed by atoms with van der Waals surface area (Å²) in [5, 5.41) is 11.8. The second-order valence-electron chi connectivity index (χ2n) is 8.74. The van der Waals surface area contributed by atoms with Crippen molar-refractivity contribution in [3.63, 3.8) is 0 Å². The van der Waals surface area contributed by atoms with Gasteiger partial charge in [0.1, 0.15) is 29.5 Å². The number of imidazole rings is 1. The minimum absolute atomic E-state index is 0.149. The van der Waals surface area contributed by atoms with Gasteiger partial charge in [-0.25, -0.2) is 4.98 Å². The number of halogens is 1. The molecular weight excluding hydrogens is 454 g/mol. The third-order valence-electron chi connectivity index (χ3n) is 5.83. The number of β-amino-alcohol motifs (C(OH)–C–C–N with tert-alkyl or cyclic N) is 1. The highest BCUT2D eigenvalue weighted by Gasteiger charge is 2.33. The van der Waals surface area contributed by atoms with Crippen molar-refractivity contribution in [1.29, 1.82) is 0 Å². The molecule has 0 saturated carbocycles. The molecule has 182 valence electrons. The molecule has 1 saturated heterocycles. The first kappa shape index (κ1) is 24.5.